The number of rotatable bonds is 2. The highest BCUT2D eigenvalue weighted by atomic mass is 16.5. The quantitative estimate of drug-likeness (QED) is 0.587. The van der Waals surface area contributed by atoms with Crippen molar-refractivity contribution in [1.82, 2.24) is 5.16 Å². The molecule has 0 spiro atoms. The van der Waals surface area contributed by atoms with Gasteiger partial charge in [0, 0.05) is 11.6 Å². The summed E-state index contributed by atoms with van der Waals surface area (Å²) in [5.74, 6) is 0.402. The minimum Gasteiger partial charge on any atom is -0.507 e. The normalized spacial score (nSPS) is 11.1. The lowest BCUT2D eigenvalue weighted by atomic mass is 10.1. The number of hydrogen-bond donors (Lipinski definition) is 1. The van der Waals surface area contributed by atoms with Gasteiger partial charge in [-0.25, -0.2) is 0 Å². The Morgan fingerprint density at radius 3 is 2.56 bits per heavy atom. The van der Waals surface area contributed by atoms with Gasteiger partial charge in [0.2, 0.25) is 5.43 Å². The van der Waals surface area contributed by atoms with Gasteiger partial charge in [0.25, 0.3) is 0 Å². The monoisotopic (exact) mass is 333 g/mol. The molecule has 4 aromatic rings. The third-order valence-electron chi connectivity index (χ3n) is 4.13. The fraction of sp³-hybridized carbons (Fsp3) is 0.100. The zero-order valence-corrected chi connectivity index (χ0v) is 13.7. The molecule has 2 heterocycles. The van der Waals surface area contributed by atoms with Crippen molar-refractivity contribution in [3.8, 4) is 28.3 Å². The van der Waals surface area contributed by atoms with Crippen LogP contribution in [0.5, 0.6) is 5.75 Å². The fourth-order valence-corrected chi connectivity index (χ4v) is 2.80. The van der Waals surface area contributed by atoms with Gasteiger partial charge in [-0.15, -0.1) is 0 Å². The second-order valence-electron chi connectivity index (χ2n) is 6.08. The van der Waals surface area contributed by atoms with Crippen molar-refractivity contribution in [1.29, 1.82) is 0 Å². The standard InChI is InChI=1S/C20H15NO4/c1-11-3-5-17(22)13(7-11)16-9-19(25-21-16)15-10-24-18-6-4-12(2)8-14(18)20(15)23/h3-10,22H,1-2H3. The van der Waals surface area contributed by atoms with Gasteiger partial charge in [-0.2, -0.15) is 0 Å². The lowest BCUT2D eigenvalue weighted by molar-refractivity contribution is 0.431. The molecule has 0 unspecified atom stereocenters. The summed E-state index contributed by atoms with van der Waals surface area (Å²) in [7, 11) is 0. The third-order valence-corrected chi connectivity index (χ3v) is 4.13. The van der Waals surface area contributed by atoms with Crippen molar-refractivity contribution in [2.45, 2.75) is 13.8 Å². The van der Waals surface area contributed by atoms with Crippen LogP contribution in [0.2, 0.25) is 0 Å². The Balaban J connectivity index is 1.85. The van der Waals surface area contributed by atoms with Gasteiger partial charge in [-0.1, -0.05) is 28.4 Å². The number of benzene rings is 2. The van der Waals surface area contributed by atoms with Crippen molar-refractivity contribution < 1.29 is 14.0 Å². The molecular formula is C20H15NO4. The predicted octanol–water partition coefficient (Wildman–Crippen LogP) is 4.44. The van der Waals surface area contributed by atoms with Crippen molar-refractivity contribution in [3.63, 3.8) is 0 Å². The van der Waals surface area contributed by atoms with Crippen LogP contribution in [0.3, 0.4) is 0 Å². The smallest absolute Gasteiger partial charge is 0.203 e. The van der Waals surface area contributed by atoms with E-state index in [-0.39, 0.29) is 11.2 Å². The first kappa shape index (κ1) is 15.2. The van der Waals surface area contributed by atoms with Crippen LogP contribution >= 0.6 is 0 Å². The highest BCUT2D eigenvalue weighted by molar-refractivity contribution is 5.82. The summed E-state index contributed by atoms with van der Waals surface area (Å²) in [6.07, 6.45) is 1.38. The second kappa shape index (κ2) is 5.63. The second-order valence-corrected chi connectivity index (χ2v) is 6.08. The van der Waals surface area contributed by atoms with Crippen LogP contribution in [0.15, 0.2) is 62.5 Å². The maximum absolute atomic E-state index is 12.8. The molecule has 5 heteroatoms. The van der Waals surface area contributed by atoms with Crippen LogP contribution in [-0.4, -0.2) is 10.3 Å². The highest BCUT2D eigenvalue weighted by Crippen LogP contribution is 2.32. The fourth-order valence-electron chi connectivity index (χ4n) is 2.80. The van der Waals surface area contributed by atoms with Crippen molar-refractivity contribution in [2.24, 2.45) is 0 Å². The molecule has 2 aromatic heterocycles. The molecule has 0 aliphatic rings. The van der Waals surface area contributed by atoms with Crippen LogP contribution in [0, 0.1) is 13.8 Å². The number of phenolic OH excluding ortho intramolecular Hbond substituents is 1. The SMILES string of the molecule is Cc1ccc(O)c(-c2cc(-c3coc4ccc(C)cc4c3=O)on2)c1. The summed E-state index contributed by atoms with van der Waals surface area (Å²) < 4.78 is 10.9. The molecule has 0 bridgehead atoms. The van der Waals surface area contributed by atoms with E-state index in [1.165, 1.54) is 6.26 Å². The van der Waals surface area contributed by atoms with Gasteiger partial charge >= 0.3 is 0 Å². The molecule has 5 nitrogen and oxygen atoms in total. The molecule has 0 saturated heterocycles. The first-order valence-electron chi connectivity index (χ1n) is 7.82. The summed E-state index contributed by atoms with van der Waals surface area (Å²) in [5.41, 5.74) is 3.61. The van der Waals surface area contributed by atoms with E-state index in [0.29, 0.717) is 33.6 Å². The number of aromatic hydroxyl groups is 1. The van der Waals surface area contributed by atoms with E-state index in [9.17, 15) is 9.90 Å². The maximum Gasteiger partial charge on any atom is 0.203 e. The zero-order chi connectivity index (χ0) is 17.6. The van der Waals surface area contributed by atoms with Crippen LogP contribution < -0.4 is 5.43 Å². The van der Waals surface area contributed by atoms with Gasteiger partial charge < -0.3 is 14.0 Å². The van der Waals surface area contributed by atoms with E-state index in [1.807, 2.05) is 26.0 Å². The van der Waals surface area contributed by atoms with Gasteiger partial charge in [0.1, 0.15) is 28.9 Å². The molecular weight excluding hydrogens is 318 g/mol. The molecule has 1 N–H and O–H groups in total. The Hall–Kier alpha value is -3.34. The summed E-state index contributed by atoms with van der Waals surface area (Å²) in [4.78, 5) is 12.8. The Labute approximate surface area is 143 Å². The molecule has 0 fully saturated rings. The van der Waals surface area contributed by atoms with Crippen LogP contribution in [0.4, 0.5) is 0 Å². The topological polar surface area (TPSA) is 76.5 Å². The lowest BCUT2D eigenvalue weighted by Gasteiger charge is -2.01. The number of hydrogen-bond acceptors (Lipinski definition) is 5. The third kappa shape index (κ3) is 2.59. The molecule has 4 rings (SSSR count). The van der Waals surface area contributed by atoms with E-state index < -0.39 is 0 Å². The minimum atomic E-state index is -0.180. The Morgan fingerprint density at radius 1 is 0.960 bits per heavy atom. The lowest BCUT2D eigenvalue weighted by Crippen LogP contribution is -2.04. The Bertz CT molecular complexity index is 1150. The average molecular weight is 333 g/mol. The van der Waals surface area contributed by atoms with E-state index in [1.54, 1.807) is 30.3 Å². The maximum atomic E-state index is 12.8. The highest BCUT2D eigenvalue weighted by Gasteiger charge is 2.16. The summed E-state index contributed by atoms with van der Waals surface area (Å²) in [6.45, 7) is 3.84. The van der Waals surface area contributed by atoms with Crippen LogP contribution in [-0.2, 0) is 0 Å². The number of nitrogens with zero attached hydrogens (tertiary/aromatic N) is 1. The van der Waals surface area contributed by atoms with Gasteiger partial charge in [-0.3, -0.25) is 4.79 Å². The molecule has 0 radical (unpaired) electrons. The minimum absolute atomic E-state index is 0.103. The molecule has 0 saturated carbocycles. The molecule has 0 aliphatic heterocycles. The summed E-state index contributed by atoms with van der Waals surface area (Å²) in [5, 5.41) is 14.5. The Morgan fingerprint density at radius 2 is 1.72 bits per heavy atom. The average Bonchev–Trinajstić information content (AvgIpc) is 3.07. The summed E-state index contributed by atoms with van der Waals surface area (Å²) >= 11 is 0. The van der Waals surface area contributed by atoms with Crippen molar-refractivity contribution in [3.05, 3.63) is 70.1 Å². The van der Waals surface area contributed by atoms with Crippen LogP contribution in [0.25, 0.3) is 33.6 Å². The first-order valence-corrected chi connectivity index (χ1v) is 7.82. The number of aryl methyl sites for hydroxylation is 2. The zero-order valence-electron chi connectivity index (χ0n) is 13.7. The first-order chi connectivity index (χ1) is 12.0. The van der Waals surface area contributed by atoms with E-state index in [0.717, 1.165) is 11.1 Å². The van der Waals surface area contributed by atoms with Crippen LogP contribution in [0.1, 0.15) is 11.1 Å². The van der Waals surface area contributed by atoms with E-state index >= 15 is 0 Å². The molecule has 2 aromatic carbocycles. The van der Waals surface area contributed by atoms with E-state index in [2.05, 4.69) is 5.16 Å². The molecule has 25 heavy (non-hydrogen) atoms. The van der Waals surface area contributed by atoms with Crippen molar-refractivity contribution >= 4 is 11.0 Å². The predicted molar refractivity (Wildman–Crippen MR) is 94.6 cm³/mol. The molecule has 0 atom stereocenters. The van der Waals surface area contributed by atoms with Crippen molar-refractivity contribution in [2.75, 3.05) is 0 Å². The number of aromatic nitrogens is 1. The van der Waals surface area contributed by atoms with Gasteiger partial charge in [0.15, 0.2) is 5.76 Å². The number of fused-ring (bicyclic) bond motifs is 1. The van der Waals surface area contributed by atoms with Gasteiger partial charge in [-0.05, 0) is 38.1 Å². The summed E-state index contributed by atoms with van der Waals surface area (Å²) in [6, 6.07) is 12.3. The van der Waals surface area contributed by atoms with E-state index in [4.69, 9.17) is 8.94 Å². The molecule has 0 amide bonds. The Kier molecular flexibility index (Phi) is 3.42. The molecule has 124 valence electrons. The number of phenols is 1. The largest absolute Gasteiger partial charge is 0.507 e. The molecule has 0 aliphatic carbocycles. The van der Waals surface area contributed by atoms with Gasteiger partial charge in [0.05, 0.1) is 5.39 Å².